The lowest BCUT2D eigenvalue weighted by molar-refractivity contribution is -0.148. The van der Waals surface area contributed by atoms with Gasteiger partial charge in [-0.2, -0.15) is 0 Å². The molecule has 0 N–H and O–H groups in total. The summed E-state index contributed by atoms with van der Waals surface area (Å²) in [5.41, 5.74) is 1.03. The van der Waals surface area contributed by atoms with Gasteiger partial charge in [-0.05, 0) is 29.2 Å². The molecule has 120 valence electrons. The molecule has 0 spiro atoms. The van der Waals surface area contributed by atoms with Crippen molar-refractivity contribution in [1.29, 1.82) is 0 Å². The van der Waals surface area contributed by atoms with E-state index in [9.17, 15) is 9.59 Å². The molecule has 0 bridgehead atoms. The van der Waals surface area contributed by atoms with Crippen molar-refractivity contribution in [2.75, 3.05) is 20.2 Å². The highest BCUT2D eigenvalue weighted by atomic mass is 16.5. The number of methoxy groups -OCH3 is 1. The lowest BCUT2D eigenvalue weighted by Crippen LogP contribution is -2.41. The van der Waals surface area contributed by atoms with E-state index in [0.717, 1.165) is 10.9 Å². The molecule has 1 aliphatic rings. The van der Waals surface area contributed by atoms with Crippen LogP contribution in [-0.2, 0) is 20.7 Å². The quantitative estimate of drug-likeness (QED) is 0.819. The van der Waals surface area contributed by atoms with Gasteiger partial charge in [0.15, 0.2) is 0 Å². The molecular weight excluding hydrogens is 290 g/mol. The molecule has 0 unspecified atom stereocenters. The average Bonchev–Trinajstić information content (AvgIpc) is 2.61. The summed E-state index contributed by atoms with van der Waals surface area (Å²) in [4.78, 5) is 25.8. The molecule has 2 aromatic carbocycles. The number of carbonyl (C=O) groups is 2. The van der Waals surface area contributed by atoms with Crippen LogP contribution in [0.2, 0.25) is 0 Å². The van der Waals surface area contributed by atoms with Crippen molar-refractivity contribution in [1.82, 2.24) is 4.90 Å². The van der Waals surface area contributed by atoms with Crippen molar-refractivity contribution in [3.05, 3.63) is 48.0 Å². The second-order valence-corrected chi connectivity index (χ2v) is 6.04. The molecule has 0 aliphatic carbocycles. The predicted octanol–water partition coefficient (Wildman–Crippen LogP) is 2.79. The summed E-state index contributed by atoms with van der Waals surface area (Å²) in [5.74, 6) is -0.0973. The molecule has 1 fully saturated rings. The number of esters is 1. The van der Waals surface area contributed by atoms with Gasteiger partial charge in [-0.3, -0.25) is 9.59 Å². The zero-order valence-electron chi connectivity index (χ0n) is 13.3. The molecule has 4 nitrogen and oxygen atoms in total. The normalized spacial score (nSPS) is 15.6. The lowest BCUT2D eigenvalue weighted by atomic mass is 9.96. The molecule has 1 heterocycles. The van der Waals surface area contributed by atoms with Crippen LogP contribution in [0.5, 0.6) is 0 Å². The van der Waals surface area contributed by atoms with Crippen molar-refractivity contribution in [3.8, 4) is 0 Å². The summed E-state index contributed by atoms with van der Waals surface area (Å²) >= 11 is 0. The van der Waals surface area contributed by atoms with Crippen LogP contribution in [0.3, 0.4) is 0 Å². The number of piperidine rings is 1. The van der Waals surface area contributed by atoms with E-state index < -0.39 is 0 Å². The third-order valence-corrected chi connectivity index (χ3v) is 4.55. The van der Waals surface area contributed by atoms with Gasteiger partial charge in [0.25, 0.3) is 0 Å². The molecular formula is C19H21NO3. The maximum absolute atomic E-state index is 12.5. The van der Waals surface area contributed by atoms with E-state index >= 15 is 0 Å². The summed E-state index contributed by atoms with van der Waals surface area (Å²) in [6.07, 6.45) is 1.79. The first-order valence-corrected chi connectivity index (χ1v) is 8.00. The molecule has 0 saturated carbocycles. The first kappa shape index (κ1) is 15.5. The smallest absolute Gasteiger partial charge is 0.308 e. The van der Waals surface area contributed by atoms with E-state index in [-0.39, 0.29) is 17.8 Å². The SMILES string of the molecule is COC(=O)C1CCN(C(=O)Cc2ccc3ccccc3c2)CC1. The molecule has 3 rings (SSSR count). The fourth-order valence-electron chi connectivity index (χ4n) is 3.17. The van der Waals surface area contributed by atoms with Crippen molar-refractivity contribution >= 4 is 22.6 Å². The van der Waals surface area contributed by atoms with Gasteiger partial charge in [0.2, 0.25) is 5.91 Å². The molecule has 0 radical (unpaired) electrons. The van der Waals surface area contributed by atoms with Gasteiger partial charge in [0.05, 0.1) is 19.4 Å². The zero-order valence-corrected chi connectivity index (χ0v) is 13.3. The standard InChI is InChI=1S/C19H21NO3/c1-23-19(22)16-8-10-20(11-9-16)18(21)13-14-6-7-15-4-2-3-5-17(15)12-14/h2-7,12,16H,8-11,13H2,1H3. The Morgan fingerprint density at radius 2 is 1.78 bits per heavy atom. The van der Waals surface area contributed by atoms with Crippen LogP contribution < -0.4 is 0 Å². The monoisotopic (exact) mass is 311 g/mol. The highest BCUT2D eigenvalue weighted by Gasteiger charge is 2.27. The predicted molar refractivity (Wildman–Crippen MR) is 89.0 cm³/mol. The molecule has 1 aliphatic heterocycles. The summed E-state index contributed by atoms with van der Waals surface area (Å²) in [6, 6.07) is 14.3. The number of nitrogens with zero attached hydrogens (tertiary/aromatic N) is 1. The minimum Gasteiger partial charge on any atom is -0.469 e. The number of fused-ring (bicyclic) bond motifs is 1. The molecule has 0 atom stereocenters. The van der Waals surface area contributed by atoms with Gasteiger partial charge in [-0.25, -0.2) is 0 Å². The summed E-state index contributed by atoms with van der Waals surface area (Å²) in [6.45, 7) is 1.26. The molecule has 4 heteroatoms. The molecule has 23 heavy (non-hydrogen) atoms. The molecule has 1 amide bonds. The number of amides is 1. The van der Waals surface area contributed by atoms with Crippen LogP contribution in [-0.4, -0.2) is 37.0 Å². The van der Waals surface area contributed by atoms with Gasteiger partial charge >= 0.3 is 5.97 Å². The van der Waals surface area contributed by atoms with Gasteiger partial charge in [0.1, 0.15) is 0 Å². The lowest BCUT2D eigenvalue weighted by Gasteiger charge is -2.30. The minimum atomic E-state index is -0.161. The second-order valence-electron chi connectivity index (χ2n) is 6.04. The van der Waals surface area contributed by atoms with E-state index in [0.29, 0.717) is 32.4 Å². The Kier molecular flexibility index (Phi) is 4.60. The Morgan fingerprint density at radius 1 is 1.09 bits per heavy atom. The third-order valence-electron chi connectivity index (χ3n) is 4.55. The first-order chi connectivity index (χ1) is 11.2. The van der Waals surface area contributed by atoms with Crippen LogP contribution in [0.25, 0.3) is 10.8 Å². The molecule has 2 aromatic rings. The number of hydrogen-bond acceptors (Lipinski definition) is 3. The maximum atomic E-state index is 12.5. The minimum absolute atomic E-state index is 0.0651. The van der Waals surface area contributed by atoms with E-state index in [1.54, 1.807) is 0 Å². The number of benzene rings is 2. The Hall–Kier alpha value is -2.36. The van der Waals surface area contributed by atoms with Gasteiger partial charge < -0.3 is 9.64 Å². The summed E-state index contributed by atoms with van der Waals surface area (Å²) < 4.78 is 4.78. The number of rotatable bonds is 3. The first-order valence-electron chi connectivity index (χ1n) is 8.00. The molecule has 1 saturated heterocycles. The maximum Gasteiger partial charge on any atom is 0.308 e. The van der Waals surface area contributed by atoms with Crippen LogP contribution in [0.15, 0.2) is 42.5 Å². The largest absolute Gasteiger partial charge is 0.469 e. The van der Waals surface area contributed by atoms with Gasteiger partial charge in [-0.15, -0.1) is 0 Å². The summed E-state index contributed by atoms with van der Waals surface area (Å²) in [7, 11) is 1.42. The van der Waals surface area contributed by atoms with Crippen molar-refractivity contribution in [2.45, 2.75) is 19.3 Å². The fourth-order valence-corrected chi connectivity index (χ4v) is 3.17. The van der Waals surface area contributed by atoms with Crippen LogP contribution in [0, 0.1) is 5.92 Å². The Bertz CT molecular complexity index is 717. The Labute approximate surface area is 136 Å². The van der Waals surface area contributed by atoms with Gasteiger partial charge in [0, 0.05) is 13.1 Å². The van der Waals surface area contributed by atoms with E-state index in [4.69, 9.17) is 4.74 Å². The van der Waals surface area contributed by atoms with Crippen molar-refractivity contribution < 1.29 is 14.3 Å². The van der Waals surface area contributed by atoms with Crippen LogP contribution >= 0.6 is 0 Å². The van der Waals surface area contributed by atoms with Gasteiger partial charge in [-0.1, -0.05) is 42.5 Å². The van der Waals surface area contributed by atoms with Crippen LogP contribution in [0.1, 0.15) is 18.4 Å². The number of carbonyl (C=O) groups excluding carboxylic acids is 2. The zero-order chi connectivity index (χ0) is 16.2. The Morgan fingerprint density at radius 3 is 2.48 bits per heavy atom. The van der Waals surface area contributed by atoms with Crippen LogP contribution in [0.4, 0.5) is 0 Å². The molecule has 0 aromatic heterocycles. The highest BCUT2D eigenvalue weighted by Crippen LogP contribution is 2.20. The number of likely N-dealkylation sites (tertiary alicyclic amines) is 1. The highest BCUT2D eigenvalue weighted by molar-refractivity contribution is 5.85. The second kappa shape index (κ2) is 6.82. The average molecular weight is 311 g/mol. The summed E-state index contributed by atoms with van der Waals surface area (Å²) in [5, 5.41) is 2.34. The van der Waals surface area contributed by atoms with E-state index in [2.05, 4.69) is 24.3 Å². The fraction of sp³-hybridized carbons (Fsp3) is 0.368. The number of ether oxygens (including phenoxy) is 1. The number of hydrogen-bond donors (Lipinski definition) is 0. The van der Waals surface area contributed by atoms with E-state index in [1.165, 1.54) is 12.5 Å². The topological polar surface area (TPSA) is 46.6 Å². The van der Waals surface area contributed by atoms with Crippen molar-refractivity contribution in [2.24, 2.45) is 5.92 Å². The Balaban J connectivity index is 1.61. The third kappa shape index (κ3) is 3.52. The van der Waals surface area contributed by atoms with E-state index in [1.807, 2.05) is 23.1 Å². The van der Waals surface area contributed by atoms with Crippen molar-refractivity contribution in [3.63, 3.8) is 0 Å².